The molecule has 118 valence electrons. The van der Waals surface area contributed by atoms with E-state index in [1.807, 2.05) is 11.8 Å². The summed E-state index contributed by atoms with van der Waals surface area (Å²) in [6.45, 7) is 4.77. The Bertz CT molecular complexity index is 462. The second-order valence-electron chi connectivity index (χ2n) is 5.44. The number of anilines is 2. The lowest BCUT2D eigenvalue weighted by atomic mass is 9.98. The van der Waals surface area contributed by atoms with E-state index < -0.39 is 11.6 Å². The molecule has 0 bridgehead atoms. The van der Waals surface area contributed by atoms with Crippen molar-refractivity contribution in [2.75, 3.05) is 43.6 Å². The molecule has 0 spiro atoms. The molecule has 2 heterocycles. The molecule has 1 aliphatic heterocycles. The van der Waals surface area contributed by atoms with Crippen molar-refractivity contribution in [3.63, 3.8) is 0 Å². The SMILES string of the molecule is CCCNc1nc(N2CCC(COC)CC2)c(F)cc1F. The molecule has 0 saturated carbocycles. The first-order valence-electron chi connectivity index (χ1n) is 7.49. The van der Waals surface area contributed by atoms with Crippen LogP contribution in [0.25, 0.3) is 0 Å². The fourth-order valence-corrected chi connectivity index (χ4v) is 2.59. The van der Waals surface area contributed by atoms with E-state index in [-0.39, 0.29) is 11.6 Å². The van der Waals surface area contributed by atoms with Crippen LogP contribution < -0.4 is 10.2 Å². The molecule has 2 rings (SSSR count). The average molecular weight is 299 g/mol. The van der Waals surface area contributed by atoms with Crippen LogP contribution in [0.1, 0.15) is 26.2 Å². The molecule has 0 aromatic carbocycles. The molecular formula is C15H23F2N3O. The van der Waals surface area contributed by atoms with E-state index in [2.05, 4.69) is 10.3 Å². The standard InChI is InChI=1S/C15H23F2N3O/c1-3-6-18-14-12(16)9-13(17)15(19-14)20-7-4-11(5-8-20)10-21-2/h9,11H,3-8,10H2,1-2H3,(H,18,19). The Morgan fingerprint density at radius 2 is 2.05 bits per heavy atom. The van der Waals surface area contributed by atoms with Crippen LogP contribution in [0.3, 0.4) is 0 Å². The van der Waals surface area contributed by atoms with Crippen LogP contribution in [-0.2, 0) is 4.74 Å². The minimum Gasteiger partial charge on any atom is -0.384 e. The zero-order chi connectivity index (χ0) is 15.2. The fourth-order valence-electron chi connectivity index (χ4n) is 2.59. The van der Waals surface area contributed by atoms with Gasteiger partial charge in [0.05, 0.1) is 0 Å². The van der Waals surface area contributed by atoms with Crippen molar-refractivity contribution in [1.29, 1.82) is 0 Å². The molecule has 0 radical (unpaired) electrons. The van der Waals surface area contributed by atoms with Crippen LogP contribution in [0, 0.1) is 17.6 Å². The van der Waals surface area contributed by atoms with Gasteiger partial charge in [0.15, 0.2) is 23.3 Å². The highest BCUT2D eigenvalue weighted by Crippen LogP contribution is 2.27. The Labute approximate surface area is 124 Å². The largest absolute Gasteiger partial charge is 0.384 e. The molecule has 1 saturated heterocycles. The van der Waals surface area contributed by atoms with E-state index in [1.54, 1.807) is 7.11 Å². The summed E-state index contributed by atoms with van der Waals surface area (Å²) >= 11 is 0. The summed E-state index contributed by atoms with van der Waals surface area (Å²) in [5.74, 6) is -0.357. The fraction of sp³-hybridized carbons (Fsp3) is 0.667. The van der Waals surface area contributed by atoms with Gasteiger partial charge in [-0.05, 0) is 25.2 Å². The van der Waals surface area contributed by atoms with Gasteiger partial charge in [-0.15, -0.1) is 0 Å². The molecule has 0 aliphatic carbocycles. The van der Waals surface area contributed by atoms with Crippen molar-refractivity contribution >= 4 is 11.6 Å². The monoisotopic (exact) mass is 299 g/mol. The van der Waals surface area contributed by atoms with Crippen LogP contribution in [0.5, 0.6) is 0 Å². The summed E-state index contributed by atoms with van der Waals surface area (Å²) in [4.78, 5) is 6.02. The zero-order valence-electron chi connectivity index (χ0n) is 12.7. The van der Waals surface area contributed by atoms with E-state index in [0.717, 1.165) is 45.0 Å². The summed E-state index contributed by atoms with van der Waals surface area (Å²) in [6.07, 6.45) is 2.73. The molecule has 1 fully saturated rings. The molecule has 1 aliphatic rings. The molecule has 0 atom stereocenters. The third-order valence-electron chi connectivity index (χ3n) is 3.77. The van der Waals surface area contributed by atoms with Gasteiger partial charge >= 0.3 is 0 Å². The summed E-state index contributed by atoms with van der Waals surface area (Å²) in [5, 5.41) is 2.90. The minimum atomic E-state index is -0.640. The van der Waals surface area contributed by atoms with Gasteiger partial charge in [0.2, 0.25) is 0 Å². The Morgan fingerprint density at radius 1 is 1.33 bits per heavy atom. The molecule has 21 heavy (non-hydrogen) atoms. The lowest BCUT2D eigenvalue weighted by Gasteiger charge is -2.32. The van der Waals surface area contributed by atoms with Crippen molar-refractivity contribution in [3.8, 4) is 0 Å². The van der Waals surface area contributed by atoms with Gasteiger partial charge in [0.25, 0.3) is 0 Å². The molecule has 1 aromatic heterocycles. The highest BCUT2D eigenvalue weighted by Gasteiger charge is 2.23. The first-order chi connectivity index (χ1) is 10.2. The van der Waals surface area contributed by atoms with Gasteiger partial charge in [0.1, 0.15) is 0 Å². The third kappa shape index (κ3) is 4.03. The number of pyridine rings is 1. The van der Waals surface area contributed by atoms with E-state index in [4.69, 9.17) is 4.74 Å². The van der Waals surface area contributed by atoms with E-state index in [1.165, 1.54) is 0 Å². The van der Waals surface area contributed by atoms with Crippen molar-refractivity contribution < 1.29 is 13.5 Å². The summed E-state index contributed by atoms with van der Waals surface area (Å²) in [6, 6.07) is 0.918. The smallest absolute Gasteiger partial charge is 0.168 e. The highest BCUT2D eigenvalue weighted by atomic mass is 19.1. The molecule has 6 heteroatoms. The molecule has 0 unspecified atom stereocenters. The topological polar surface area (TPSA) is 37.4 Å². The summed E-state index contributed by atoms with van der Waals surface area (Å²) in [7, 11) is 1.69. The summed E-state index contributed by atoms with van der Waals surface area (Å²) in [5.41, 5.74) is 0. The Hall–Kier alpha value is -1.43. The van der Waals surface area contributed by atoms with Crippen molar-refractivity contribution in [2.24, 2.45) is 5.92 Å². The number of nitrogens with zero attached hydrogens (tertiary/aromatic N) is 2. The number of hydrogen-bond acceptors (Lipinski definition) is 4. The first-order valence-corrected chi connectivity index (χ1v) is 7.49. The number of halogens is 2. The van der Waals surface area contributed by atoms with Crippen molar-refractivity contribution in [3.05, 3.63) is 17.7 Å². The molecule has 1 aromatic rings. The second-order valence-corrected chi connectivity index (χ2v) is 5.44. The number of rotatable bonds is 6. The predicted molar refractivity (Wildman–Crippen MR) is 79.7 cm³/mol. The Morgan fingerprint density at radius 3 is 2.67 bits per heavy atom. The number of hydrogen-bond donors (Lipinski definition) is 1. The van der Waals surface area contributed by atoms with Crippen LogP contribution in [0.15, 0.2) is 6.07 Å². The zero-order valence-corrected chi connectivity index (χ0v) is 12.7. The molecular weight excluding hydrogens is 276 g/mol. The van der Waals surface area contributed by atoms with E-state index >= 15 is 0 Å². The van der Waals surface area contributed by atoms with Crippen molar-refractivity contribution in [2.45, 2.75) is 26.2 Å². The maximum absolute atomic E-state index is 14.0. The molecule has 4 nitrogen and oxygen atoms in total. The van der Waals surface area contributed by atoms with E-state index in [9.17, 15) is 8.78 Å². The van der Waals surface area contributed by atoms with Crippen LogP contribution in [0.4, 0.5) is 20.4 Å². The van der Waals surface area contributed by atoms with Gasteiger partial charge in [-0.25, -0.2) is 13.8 Å². The predicted octanol–water partition coefficient (Wildman–Crippen LogP) is 3.04. The summed E-state index contributed by atoms with van der Waals surface area (Å²) < 4.78 is 32.8. The number of piperidine rings is 1. The maximum Gasteiger partial charge on any atom is 0.168 e. The van der Waals surface area contributed by atoms with Crippen LogP contribution in [0.2, 0.25) is 0 Å². The van der Waals surface area contributed by atoms with Gasteiger partial charge in [-0.1, -0.05) is 6.92 Å². The Balaban J connectivity index is 2.09. The quantitative estimate of drug-likeness (QED) is 0.876. The lowest BCUT2D eigenvalue weighted by molar-refractivity contribution is 0.139. The van der Waals surface area contributed by atoms with E-state index in [0.29, 0.717) is 12.5 Å². The molecule has 1 N–H and O–H groups in total. The lowest BCUT2D eigenvalue weighted by Crippen LogP contribution is -2.36. The minimum absolute atomic E-state index is 0.132. The van der Waals surface area contributed by atoms with Crippen LogP contribution in [-0.4, -0.2) is 38.3 Å². The van der Waals surface area contributed by atoms with Gasteiger partial charge in [-0.3, -0.25) is 0 Å². The Kier molecular flexibility index (Phi) is 5.73. The number of methoxy groups -OCH3 is 1. The van der Waals surface area contributed by atoms with Gasteiger partial charge in [-0.2, -0.15) is 0 Å². The van der Waals surface area contributed by atoms with Crippen molar-refractivity contribution in [1.82, 2.24) is 4.98 Å². The highest BCUT2D eigenvalue weighted by molar-refractivity contribution is 5.49. The third-order valence-corrected chi connectivity index (χ3v) is 3.77. The maximum atomic E-state index is 14.0. The first kappa shape index (κ1) is 15.9. The molecule has 0 amide bonds. The van der Waals surface area contributed by atoms with Gasteiger partial charge < -0.3 is 15.0 Å². The average Bonchev–Trinajstić information content (AvgIpc) is 2.48. The number of nitrogens with one attached hydrogen (secondary N) is 1. The normalized spacial score (nSPS) is 16.3. The second kappa shape index (κ2) is 7.54. The number of ether oxygens (including phenoxy) is 1. The van der Waals surface area contributed by atoms with Gasteiger partial charge in [0, 0.05) is 39.4 Å². The van der Waals surface area contributed by atoms with Crippen LogP contribution >= 0.6 is 0 Å². The number of aromatic nitrogens is 1.